The van der Waals surface area contributed by atoms with Gasteiger partial charge in [0.2, 0.25) is 0 Å². The maximum atomic E-state index is 12.1. The smallest absolute Gasteiger partial charge is 0.315 e. The first-order valence-electron chi connectivity index (χ1n) is 7.82. The number of carbonyl (C=O) groups is 1. The van der Waals surface area contributed by atoms with Gasteiger partial charge in [-0.05, 0) is 70.3 Å². The van der Waals surface area contributed by atoms with E-state index in [2.05, 4.69) is 22.9 Å². The first-order chi connectivity index (χ1) is 9.08. The molecule has 4 rings (SSSR count). The highest BCUT2D eigenvalue weighted by molar-refractivity contribution is 5.75. The van der Waals surface area contributed by atoms with E-state index in [4.69, 9.17) is 0 Å². The molecule has 0 aromatic heterocycles. The Morgan fingerprint density at radius 2 is 1.68 bits per heavy atom. The second-order valence-corrected chi connectivity index (χ2v) is 7.22. The van der Waals surface area contributed by atoms with Crippen molar-refractivity contribution in [1.29, 1.82) is 0 Å². The van der Waals surface area contributed by atoms with Crippen LogP contribution in [0.2, 0.25) is 0 Å². The number of rotatable bonds is 4. The summed E-state index contributed by atoms with van der Waals surface area (Å²) in [7, 11) is 1.92. The van der Waals surface area contributed by atoms with E-state index < -0.39 is 0 Å². The molecule has 0 aliphatic heterocycles. The van der Waals surface area contributed by atoms with E-state index in [0.29, 0.717) is 12.6 Å². The van der Waals surface area contributed by atoms with Crippen LogP contribution in [-0.4, -0.2) is 31.2 Å². The van der Waals surface area contributed by atoms with Gasteiger partial charge in [0, 0.05) is 18.1 Å². The lowest BCUT2D eigenvalue weighted by Gasteiger charge is -2.56. The summed E-state index contributed by atoms with van der Waals surface area (Å²) < 4.78 is 0. The average Bonchev–Trinajstić information content (AvgIpc) is 2.33. The van der Waals surface area contributed by atoms with Gasteiger partial charge in [0.1, 0.15) is 0 Å². The number of nitrogens with one attached hydrogen (secondary N) is 3. The fourth-order valence-corrected chi connectivity index (χ4v) is 4.90. The zero-order valence-corrected chi connectivity index (χ0v) is 12.2. The second kappa shape index (κ2) is 4.97. The molecule has 0 aromatic rings. The number of likely N-dealkylation sites (N-methyl/N-ethyl adjacent to an activating group) is 1. The topological polar surface area (TPSA) is 53.2 Å². The largest absolute Gasteiger partial charge is 0.337 e. The van der Waals surface area contributed by atoms with Crippen molar-refractivity contribution in [3.63, 3.8) is 0 Å². The highest BCUT2D eigenvalue weighted by atomic mass is 16.2. The molecule has 4 saturated carbocycles. The summed E-state index contributed by atoms with van der Waals surface area (Å²) in [5, 5.41) is 9.46. The van der Waals surface area contributed by atoms with Gasteiger partial charge in [-0.25, -0.2) is 4.79 Å². The van der Waals surface area contributed by atoms with Crippen molar-refractivity contribution in [2.75, 3.05) is 13.6 Å². The van der Waals surface area contributed by atoms with Crippen molar-refractivity contribution in [1.82, 2.24) is 16.0 Å². The fraction of sp³-hybridized carbons (Fsp3) is 0.933. The van der Waals surface area contributed by atoms with E-state index in [-0.39, 0.29) is 11.6 Å². The minimum atomic E-state index is 0.0315. The van der Waals surface area contributed by atoms with Crippen LogP contribution in [0.3, 0.4) is 0 Å². The van der Waals surface area contributed by atoms with Crippen LogP contribution in [0.1, 0.15) is 45.4 Å². The van der Waals surface area contributed by atoms with Gasteiger partial charge in [-0.1, -0.05) is 0 Å². The molecule has 1 unspecified atom stereocenters. The van der Waals surface area contributed by atoms with Crippen molar-refractivity contribution < 1.29 is 4.79 Å². The first-order valence-corrected chi connectivity index (χ1v) is 7.82. The van der Waals surface area contributed by atoms with Crippen LogP contribution < -0.4 is 16.0 Å². The standard InChI is InChI=1S/C15H27N3O/c1-10(16-2)9-17-14(19)18-15-6-11-3-12(7-15)5-13(4-11)8-15/h10-13,16H,3-9H2,1-2H3,(H2,17,18,19). The van der Waals surface area contributed by atoms with Gasteiger partial charge in [-0.15, -0.1) is 0 Å². The zero-order chi connectivity index (χ0) is 13.5. The third kappa shape index (κ3) is 2.73. The first kappa shape index (κ1) is 13.2. The number of carbonyl (C=O) groups excluding carboxylic acids is 1. The summed E-state index contributed by atoms with van der Waals surface area (Å²) in [5.41, 5.74) is 0.127. The number of amides is 2. The van der Waals surface area contributed by atoms with Crippen LogP contribution >= 0.6 is 0 Å². The van der Waals surface area contributed by atoms with Crippen LogP contribution in [0.5, 0.6) is 0 Å². The predicted molar refractivity (Wildman–Crippen MR) is 76.0 cm³/mol. The fourth-order valence-electron chi connectivity index (χ4n) is 4.90. The molecule has 19 heavy (non-hydrogen) atoms. The summed E-state index contributed by atoms with van der Waals surface area (Å²) in [5.74, 6) is 2.63. The molecule has 0 radical (unpaired) electrons. The Kier molecular flexibility index (Phi) is 3.46. The third-order valence-corrected chi connectivity index (χ3v) is 5.48. The second-order valence-electron chi connectivity index (χ2n) is 7.22. The Balaban J connectivity index is 1.56. The summed E-state index contributed by atoms with van der Waals surface area (Å²) >= 11 is 0. The summed E-state index contributed by atoms with van der Waals surface area (Å²) in [4.78, 5) is 12.1. The minimum Gasteiger partial charge on any atom is -0.337 e. The predicted octanol–water partition coefficient (Wildman–Crippen LogP) is 1.86. The van der Waals surface area contributed by atoms with E-state index in [1.54, 1.807) is 0 Å². The van der Waals surface area contributed by atoms with Crippen molar-refractivity contribution in [2.24, 2.45) is 17.8 Å². The average molecular weight is 265 g/mol. The summed E-state index contributed by atoms with van der Waals surface area (Å²) in [6, 6.07) is 0.353. The van der Waals surface area contributed by atoms with Crippen LogP contribution in [0.15, 0.2) is 0 Å². The van der Waals surface area contributed by atoms with E-state index in [1.165, 1.54) is 38.5 Å². The molecule has 3 N–H and O–H groups in total. The Morgan fingerprint density at radius 3 is 2.16 bits per heavy atom. The molecule has 0 saturated heterocycles. The van der Waals surface area contributed by atoms with Crippen LogP contribution in [0.25, 0.3) is 0 Å². The van der Waals surface area contributed by atoms with Crippen molar-refractivity contribution in [2.45, 2.75) is 57.0 Å². The Hall–Kier alpha value is -0.770. The molecule has 0 spiro atoms. The molecule has 4 aliphatic carbocycles. The molecular weight excluding hydrogens is 238 g/mol. The van der Waals surface area contributed by atoms with Crippen LogP contribution in [0, 0.1) is 17.8 Å². The number of urea groups is 1. The Bertz CT molecular complexity index is 320. The molecule has 4 nitrogen and oxygen atoms in total. The maximum absolute atomic E-state index is 12.1. The van der Waals surface area contributed by atoms with Gasteiger partial charge in [-0.3, -0.25) is 0 Å². The number of hydrogen-bond donors (Lipinski definition) is 3. The zero-order valence-electron chi connectivity index (χ0n) is 12.2. The normalized spacial score (nSPS) is 41.1. The molecule has 0 aromatic carbocycles. The summed E-state index contributed by atoms with van der Waals surface area (Å²) in [6.45, 7) is 2.76. The minimum absolute atomic E-state index is 0.0315. The SMILES string of the molecule is CNC(C)CNC(=O)NC12CC3CC(CC(C3)C1)C2. The van der Waals surface area contributed by atoms with Crippen molar-refractivity contribution >= 4 is 6.03 Å². The van der Waals surface area contributed by atoms with Gasteiger partial charge in [0.25, 0.3) is 0 Å². The molecule has 4 heteroatoms. The van der Waals surface area contributed by atoms with E-state index in [1.807, 2.05) is 7.05 Å². The van der Waals surface area contributed by atoms with Crippen molar-refractivity contribution in [3.05, 3.63) is 0 Å². The molecule has 4 fully saturated rings. The molecule has 4 bridgehead atoms. The third-order valence-electron chi connectivity index (χ3n) is 5.48. The maximum Gasteiger partial charge on any atom is 0.315 e. The Morgan fingerprint density at radius 1 is 1.16 bits per heavy atom. The van der Waals surface area contributed by atoms with Gasteiger partial charge in [0.05, 0.1) is 0 Å². The highest BCUT2D eigenvalue weighted by Gasteiger charge is 2.51. The monoisotopic (exact) mass is 265 g/mol. The molecule has 2 amide bonds. The van der Waals surface area contributed by atoms with Crippen LogP contribution in [0.4, 0.5) is 4.79 Å². The molecule has 0 heterocycles. The molecule has 108 valence electrons. The van der Waals surface area contributed by atoms with Gasteiger partial charge in [-0.2, -0.15) is 0 Å². The van der Waals surface area contributed by atoms with E-state index >= 15 is 0 Å². The molecule has 4 aliphatic rings. The van der Waals surface area contributed by atoms with Crippen molar-refractivity contribution in [3.8, 4) is 0 Å². The lowest BCUT2D eigenvalue weighted by atomic mass is 9.53. The lowest BCUT2D eigenvalue weighted by molar-refractivity contribution is -0.0135. The quantitative estimate of drug-likeness (QED) is 0.727. The van der Waals surface area contributed by atoms with Gasteiger partial charge >= 0.3 is 6.03 Å². The number of hydrogen-bond acceptors (Lipinski definition) is 2. The molecule has 1 atom stereocenters. The highest BCUT2D eigenvalue weighted by Crippen LogP contribution is 2.55. The Labute approximate surface area is 116 Å². The molecular formula is C15H27N3O. The van der Waals surface area contributed by atoms with E-state index in [0.717, 1.165) is 17.8 Å². The van der Waals surface area contributed by atoms with Crippen LogP contribution in [-0.2, 0) is 0 Å². The lowest BCUT2D eigenvalue weighted by Crippen LogP contribution is -2.61. The van der Waals surface area contributed by atoms with Gasteiger partial charge in [0.15, 0.2) is 0 Å². The van der Waals surface area contributed by atoms with Gasteiger partial charge < -0.3 is 16.0 Å². The summed E-state index contributed by atoms with van der Waals surface area (Å²) in [6.07, 6.45) is 7.90. The van der Waals surface area contributed by atoms with E-state index in [9.17, 15) is 4.79 Å².